The van der Waals surface area contributed by atoms with Crippen LogP contribution in [0.15, 0.2) is 60.3 Å². The van der Waals surface area contributed by atoms with Crippen molar-refractivity contribution in [1.82, 2.24) is 5.32 Å². The lowest BCUT2D eigenvalue weighted by molar-refractivity contribution is -0.112. The number of anilines is 1. The molecular weight excluding hydrogens is 354 g/mol. The van der Waals surface area contributed by atoms with E-state index in [-0.39, 0.29) is 5.57 Å². The van der Waals surface area contributed by atoms with Crippen molar-refractivity contribution in [3.8, 4) is 17.6 Å². The zero-order valence-electron chi connectivity index (χ0n) is 14.2. The molecule has 0 unspecified atom stereocenters. The van der Waals surface area contributed by atoms with Crippen LogP contribution in [0.1, 0.15) is 0 Å². The highest BCUT2D eigenvalue weighted by Crippen LogP contribution is 2.17. The second-order valence-corrected chi connectivity index (χ2v) is 5.55. The third kappa shape index (κ3) is 6.04. The first-order chi connectivity index (χ1) is 12.6. The Morgan fingerprint density at radius 3 is 2.62 bits per heavy atom. The Balaban J connectivity index is 1.79. The number of nitrogens with zero attached hydrogens (tertiary/aromatic N) is 1. The maximum Gasteiger partial charge on any atom is 0.267 e. The van der Waals surface area contributed by atoms with Crippen LogP contribution < -0.4 is 20.1 Å². The maximum absolute atomic E-state index is 12.1. The van der Waals surface area contributed by atoms with Crippen LogP contribution >= 0.6 is 11.6 Å². The van der Waals surface area contributed by atoms with E-state index < -0.39 is 5.91 Å². The molecule has 0 aliphatic heterocycles. The number of carbonyl (C=O) groups excluding carboxylic acids is 1. The van der Waals surface area contributed by atoms with Crippen molar-refractivity contribution < 1.29 is 14.3 Å². The van der Waals surface area contributed by atoms with Gasteiger partial charge in [0, 0.05) is 23.5 Å². The third-order valence-electron chi connectivity index (χ3n) is 3.27. The van der Waals surface area contributed by atoms with Gasteiger partial charge in [-0.05, 0) is 42.5 Å². The fourth-order valence-corrected chi connectivity index (χ4v) is 2.18. The highest BCUT2D eigenvalue weighted by Gasteiger charge is 2.09. The summed E-state index contributed by atoms with van der Waals surface area (Å²) in [6, 6.07) is 15.8. The Labute approximate surface area is 157 Å². The van der Waals surface area contributed by atoms with Gasteiger partial charge in [0.15, 0.2) is 0 Å². The van der Waals surface area contributed by atoms with Gasteiger partial charge in [0.25, 0.3) is 5.91 Å². The number of nitrogens with one attached hydrogen (secondary N) is 2. The van der Waals surface area contributed by atoms with Gasteiger partial charge in [-0.25, -0.2) is 0 Å². The number of ether oxygens (including phenoxy) is 2. The van der Waals surface area contributed by atoms with E-state index in [1.807, 2.05) is 6.07 Å². The molecule has 0 fully saturated rings. The summed E-state index contributed by atoms with van der Waals surface area (Å²) in [5, 5.41) is 15.1. The summed E-state index contributed by atoms with van der Waals surface area (Å²) in [5.74, 6) is 0.942. The molecule has 0 aromatic heterocycles. The van der Waals surface area contributed by atoms with E-state index in [2.05, 4.69) is 10.6 Å². The molecule has 0 heterocycles. The summed E-state index contributed by atoms with van der Waals surface area (Å²) >= 11 is 5.86. The number of methoxy groups -OCH3 is 1. The molecule has 0 aliphatic rings. The molecule has 1 amide bonds. The normalized spacial score (nSPS) is 10.6. The van der Waals surface area contributed by atoms with Gasteiger partial charge in [-0.2, -0.15) is 5.26 Å². The number of nitriles is 1. The molecule has 0 aliphatic carbocycles. The van der Waals surface area contributed by atoms with Crippen molar-refractivity contribution in [2.45, 2.75) is 0 Å². The number of amides is 1. The zero-order valence-corrected chi connectivity index (χ0v) is 14.9. The minimum absolute atomic E-state index is 0.0468. The van der Waals surface area contributed by atoms with Crippen LogP contribution in [0.2, 0.25) is 5.02 Å². The fraction of sp³-hybridized carbons (Fsp3) is 0.158. The van der Waals surface area contributed by atoms with Gasteiger partial charge in [0.05, 0.1) is 7.11 Å². The molecule has 0 atom stereocenters. The Bertz CT molecular complexity index is 814. The summed E-state index contributed by atoms with van der Waals surface area (Å²) in [5.41, 5.74) is 0.473. The highest BCUT2D eigenvalue weighted by molar-refractivity contribution is 6.31. The maximum atomic E-state index is 12.1. The van der Waals surface area contributed by atoms with Crippen molar-refractivity contribution in [2.75, 3.05) is 25.6 Å². The van der Waals surface area contributed by atoms with Crippen LogP contribution in [0.5, 0.6) is 11.5 Å². The number of benzene rings is 2. The summed E-state index contributed by atoms with van der Waals surface area (Å²) in [6.45, 7) is 0.805. The van der Waals surface area contributed by atoms with Gasteiger partial charge >= 0.3 is 0 Å². The number of halogens is 1. The molecule has 0 saturated heterocycles. The van der Waals surface area contributed by atoms with Crippen molar-refractivity contribution in [2.24, 2.45) is 0 Å². The standard InChI is InChI=1S/C19H18ClN3O3/c1-25-17-5-7-18(8-6-17)26-10-9-22-13-14(12-21)19(24)23-16-4-2-3-15(20)11-16/h2-8,11,13,22H,9-10H2,1H3,(H,23,24)/b14-13-. The fourth-order valence-electron chi connectivity index (χ4n) is 1.99. The van der Waals surface area contributed by atoms with Crippen LogP contribution in [0.4, 0.5) is 5.69 Å². The minimum atomic E-state index is -0.515. The molecule has 6 nitrogen and oxygen atoms in total. The second kappa shape index (κ2) is 9.97. The largest absolute Gasteiger partial charge is 0.497 e. The van der Waals surface area contributed by atoms with Crippen molar-refractivity contribution in [1.29, 1.82) is 5.26 Å². The molecule has 134 valence electrons. The van der Waals surface area contributed by atoms with E-state index in [1.54, 1.807) is 55.6 Å². The lowest BCUT2D eigenvalue weighted by atomic mass is 10.2. The van der Waals surface area contributed by atoms with Gasteiger partial charge in [0.1, 0.15) is 29.7 Å². The van der Waals surface area contributed by atoms with E-state index in [1.165, 1.54) is 6.20 Å². The lowest BCUT2D eigenvalue weighted by Crippen LogP contribution is -2.20. The molecular formula is C19H18ClN3O3. The predicted molar refractivity (Wildman–Crippen MR) is 100 cm³/mol. The molecule has 2 N–H and O–H groups in total. The summed E-state index contributed by atoms with van der Waals surface area (Å²) < 4.78 is 10.6. The molecule has 7 heteroatoms. The van der Waals surface area contributed by atoms with Crippen LogP contribution in [-0.2, 0) is 4.79 Å². The van der Waals surface area contributed by atoms with Crippen molar-refractivity contribution in [3.05, 3.63) is 65.3 Å². The topological polar surface area (TPSA) is 83.4 Å². The number of carbonyl (C=O) groups is 1. The van der Waals surface area contributed by atoms with Gasteiger partial charge < -0.3 is 20.1 Å². The van der Waals surface area contributed by atoms with E-state index in [9.17, 15) is 4.79 Å². The Hall–Kier alpha value is -3.17. The summed E-state index contributed by atoms with van der Waals surface area (Å²) in [4.78, 5) is 12.1. The SMILES string of the molecule is COc1ccc(OCCN/C=C(/C#N)C(=O)Nc2cccc(Cl)c2)cc1. The van der Waals surface area contributed by atoms with E-state index >= 15 is 0 Å². The summed E-state index contributed by atoms with van der Waals surface area (Å²) in [7, 11) is 1.60. The molecule has 0 radical (unpaired) electrons. The van der Waals surface area contributed by atoms with Gasteiger partial charge in [-0.1, -0.05) is 17.7 Å². The molecule has 2 rings (SSSR count). The van der Waals surface area contributed by atoms with Crippen molar-refractivity contribution in [3.63, 3.8) is 0 Å². The smallest absolute Gasteiger partial charge is 0.267 e. The Morgan fingerprint density at radius 1 is 1.23 bits per heavy atom. The number of hydrogen-bond donors (Lipinski definition) is 2. The highest BCUT2D eigenvalue weighted by atomic mass is 35.5. The Morgan fingerprint density at radius 2 is 1.96 bits per heavy atom. The molecule has 0 spiro atoms. The lowest BCUT2D eigenvalue weighted by Gasteiger charge is -2.08. The third-order valence-corrected chi connectivity index (χ3v) is 3.50. The number of hydrogen-bond acceptors (Lipinski definition) is 5. The van der Waals surface area contributed by atoms with E-state index in [0.29, 0.717) is 29.6 Å². The van der Waals surface area contributed by atoms with E-state index in [4.69, 9.17) is 26.3 Å². The summed E-state index contributed by atoms with van der Waals surface area (Å²) in [6.07, 6.45) is 1.36. The first-order valence-corrected chi connectivity index (χ1v) is 8.17. The number of rotatable bonds is 8. The Kier molecular flexibility index (Phi) is 7.34. The molecule has 26 heavy (non-hydrogen) atoms. The monoisotopic (exact) mass is 371 g/mol. The van der Waals surface area contributed by atoms with Gasteiger partial charge in [-0.15, -0.1) is 0 Å². The van der Waals surface area contributed by atoms with Crippen LogP contribution in [-0.4, -0.2) is 26.2 Å². The van der Waals surface area contributed by atoms with Gasteiger partial charge in [0.2, 0.25) is 0 Å². The average Bonchev–Trinajstić information content (AvgIpc) is 2.65. The van der Waals surface area contributed by atoms with Gasteiger partial charge in [-0.3, -0.25) is 4.79 Å². The first-order valence-electron chi connectivity index (χ1n) is 7.80. The first kappa shape index (κ1) is 19.2. The van der Waals surface area contributed by atoms with E-state index in [0.717, 1.165) is 5.75 Å². The predicted octanol–water partition coefficient (Wildman–Crippen LogP) is 3.36. The molecule has 2 aromatic rings. The quantitative estimate of drug-likeness (QED) is 0.422. The average molecular weight is 372 g/mol. The van der Waals surface area contributed by atoms with Crippen LogP contribution in [0.3, 0.4) is 0 Å². The molecule has 0 saturated carbocycles. The van der Waals surface area contributed by atoms with Crippen LogP contribution in [0, 0.1) is 11.3 Å². The minimum Gasteiger partial charge on any atom is -0.497 e. The van der Waals surface area contributed by atoms with Crippen LogP contribution in [0.25, 0.3) is 0 Å². The molecule has 0 bridgehead atoms. The molecule has 2 aromatic carbocycles. The second-order valence-electron chi connectivity index (χ2n) is 5.11. The zero-order chi connectivity index (χ0) is 18.8. The van der Waals surface area contributed by atoms with Crippen molar-refractivity contribution >= 4 is 23.2 Å².